The molecule has 0 aliphatic carbocycles. The van der Waals surface area contributed by atoms with E-state index in [4.69, 9.17) is 4.52 Å². The summed E-state index contributed by atoms with van der Waals surface area (Å²) in [5.41, 5.74) is 2.06. The SMILES string of the molecule is CC(C)c1ccc(OP(C)(=O)Nc2ccccc2I)cc1. The number of anilines is 1. The average Bonchev–Trinajstić information content (AvgIpc) is 2.41. The summed E-state index contributed by atoms with van der Waals surface area (Å²) in [4.78, 5) is 0. The highest BCUT2D eigenvalue weighted by atomic mass is 127. The quantitative estimate of drug-likeness (QED) is 0.501. The zero-order valence-corrected chi connectivity index (χ0v) is 15.4. The van der Waals surface area contributed by atoms with Crippen molar-refractivity contribution in [1.82, 2.24) is 0 Å². The number of hydrogen-bond acceptors (Lipinski definition) is 2. The van der Waals surface area contributed by atoms with Gasteiger partial charge in [0.2, 0.25) is 0 Å². The largest absolute Gasteiger partial charge is 0.429 e. The van der Waals surface area contributed by atoms with Crippen molar-refractivity contribution >= 4 is 35.8 Å². The van der Waals surface area contributed by atoms with Gasteiger partial charge in [-0.25, -0.2) is 0 Å². The first-order chi connectivity index (χ1) is 9.87. The summed E-state index contributed by atoms with van der Waals surface area (Å²) >= 11 is 2.20. The minimum Gasteiger partial charge on any atom is -0.429 e. The molecule has 0 radical (unpaired) electrons. The van der Waals surface area contributed by atoms with Crippen LogP contribution in [0.15, 0.2) is 48.5 Å². The van der Waals surface area contributed by atoms with Crippen molar-refractivity contribution in [2.45, 2.75) is 19.8 Å². The van der Waals surface area contributed by atoms with Crippen molar-refractivity contribution in [3.8, 4) is 5.75 Å². The molecule has 1 N–H and O–H groups in total. The van der Waals surface area contributed by atoms with Crippen LogP contribution in [0.25, 0.3) is 0 Å². The molecule has 0 heterocycles. The molecule has 0 bridgehead atoms. The molecule has 2 aromatic rings. The van der Waals surface area contributed by atoms with Crippen LogP contribution < -0.4 is 9.61 Å². The van der Waals surface area contributed by atoms with E-state index < -0.39 is 7.52 Å². The Kier molecular flexibility index (Phi) is 5.33. The predicted octanol–water partition coefficient (Wildman–Crippen LogP) is 5.73. The van der Waals surface area contributed by atoms with Gasteiger partial charge in [-0.15, -0.1) is 0 Å². The molecule has 5 heteroatoms. The summed E-state index contributed by atoms with van der Waals surface area (Å²) in [6, 6.07) is 15.4. The topological polar surface area (TPSA) is 38.3 Å². The maximum atomic E-state index is 12.6. The van der Waals surface area contributed by atoms with Crippen LogP contribution in [-0.2, 0) is 4.57 Å². The van der Waals surface area contributed by atoms with Crippen molar-refractivity contribution in [2.75, 3.05) is 11.8 Å². The number of hydrogen-bond donors (Lipinski definition) is 1. The van der Waals surface area contributed by atoms with Crippen LogP contribution in [0.5, 0.6) is 5.75 Å². The number of benzene rings is 2. The molecule has 0 saturated heterocycles. The van der Waals surface area contributed by atoms with Gasteiger partial charge in [0.1, 0.15) is 5.75 Å². The monoisotopic (exact) mass is 415 g/mol. The Morgan fingerprint density at radius 2 is 1.71 bits per heavy atom. The molecule has 21 heavy (non-hydrogen) atoms. The van der Waals surface area contributed by atoms with E-state index in [1.807, 2.05) is 48.5 Å². The van der Waals surface area contributed by atoms with Crippen LogP contribution in [0.4, 0.5) is 5.69 Å². The van der Waals surface area contributed by atoms with Gasteiger partial charge in [-0.1, -0.05) is 38.1 Å². The first-order valence-electron chi connectivity index (χ1n) is 6.77. The molecule has 2 rings (SSSR count). The Labute approximate surface area is 139 Å². The van der Waals surface area contributed by atoms with E-state index in [1.54, 1.807) is 6.66 Å². The normalized spacial score (nSPS) is 13.8. The third kappa shape index (κ3) is 4.75. The van der Waals surface area contributed by atoms with Gasteiger partial charge in [-0.05, 0) is 58.3 Å². The van der Waals surface area contributed by atoms with Crippen LogP contribution in [0.2, 0.25) is 0 Å². The molecule has 0 fully saturated rings. The molecular formula is C16H19INO2P. The van der Waals surface area contributed by atoms with E-state index in [0.717, 1.165) is 9.26 Å². The van der Waals surface area contributed by atoms with Crippen LogP contribution in [0, 0.1) is 3.57 Å². The molecule has 0 aliphatic rings. The van der Waals surface area contributed by atoms with Crippen molar-refractivity contribution in [2.24, 2.45) is 0 Å². The van der Waals surface area contributed by atoms with Gasteiger partial charge >= 0.3 is 7.52 Å². The van der Waals surface area contributed by atoms with E-state index in [1.165, 1.54) is 5.56 Å². The third-order valence-corrected chi connectivity index (χ3v) is 5.17. The van der Waals surface area contributed by atoms with Crippen LogP contribution in [0.3, 0.4) is 0 Å². The number of para-hydroxylation sites is 1. The zero-order chi connectivity index (χ0) is 15.5. The standard InChI is InChI=1S/C16H19INO2P/c1-12(2)13-8-10-14(11-9-13)20-21(3,19)18-16-7-5-4-6-15(16)17/h4-12H,1-3H3,(H,18,19). The van der Waals surface area contributed by atoms with E-state index >= 15 is 0 Å². The summed E-state index contributed by atoms with van der Waals surface area (Å²) in [5.74, 6) is 1.08. The van der Waals surface area contributed by atoms with Crippen molar-refractivity contribution in [1.29, 1.82) is 0 Å². The minimum atomic E-state index is -2.96. The fraction of sp³-hybridized carbons (Fsp3) is 0.250. The fourth-order valence-corrected chi connectivity index (χ4v) is 3.85. The fourth-order valence-electron chi connectivity index (χ4n) is 1.91. The van der Waals surface area contributed by atoms with Gasteiger partial charge in [-0.3, -0.25) is 4.57 Å². The Morgan fingerprint density at radius 1 is 1.10 bits per heavy atom. The maximum Gasteiger partial charge on any atom is 0.338 e. The maximum absolute atomic E-state index is 12.6. The van der Waals surface area contributed by atoms with Crippen LogP contribution >= 0.6 is 30.1 Å². The zero-order valence-electron chi connectivity index (χ0n) is 12.3. The van der Waals surface area contributed by atoms with Gasteiger partial charge in [0.05, 0.1) is 5.69 Å². The average molecular weight is 415 g/mol. The molecular weight excluding hydrogens is 396 g/mol. The third-order valence-electron chi connectivity index (χ3n) is 3.02. The summed E-state index contributed by atoms with van der Waals surface area (Å²) < 4.78 is 19.2. The van der Waals surface area contributed by atoms with Gasteiger partial charge in [0.15, 0.2) is 0 Å². The molecule has 0 spiro atoms. The Balaban J connectivity index is 2.10. The van der Waals surface area contributed by atoms with E-state index in [-0.39, 0.29) is 0 Å². The molecule has 0 saturated carbocycles. The molecule has 2 aromatic carbocycles. The lowest BCUT2D eigenvalue weighted by Gasteiger charge is -2.18. The summed E-state index contributed by atoms with van der Waals surface area (Å²) in [5, 5.41) is 3.00. The van der Waals surface area contributed by atoms with E-state index in [0.29, 0.717) is 11.7 Å². The molecule has 1 unspecified atom stereocenters. The van der Waals surface area contributed by atoms with Crippen molar-refractivity contribution in [3.63, 3.8) is 0 Å². The van der Waals surface area contributed by atoms with Gasteiger partial charge in [-0.2, -0.15) is 0 Å². The summed E-state index contributed by atoms with van der Waals surface area (Å²) in [7, 11) is -2.96. The van der Waals surface area contributed by atoms with Gasteiger partial charge < -0.3 is 9.61 Å². The Bertz CT molecular complexity index is 656. The molecule has 0 aliphatic heterocycles. The van der Waals surface area contributed by atoms with Crippen LogP contribution in [-0.4, -0.2) is 6.66 Å². The predicted molar refractivity (Wildman–Crippen MR) is 97.5 cm³/mol. The summed E-state index contributed by atoms with van der Waals surface area (Å²) in [6.07, 6.45) is 0. The molecule has 0 amide bonds. The highest BCUT2D eigenvalue weighted by molar-refractivity contribution is 14.1. The number of halogens is 1. The minimum absolute atomic E-state index is 0.469. The Morgan fingerprint density at radius 3 is 2.29 bits per heavy atom. The summed E-state index contributed by atoms with van der Waals surface area (Å²) in [6.45, 7) is 5.87. The first-order valence-corrected chi connectivity index (χ1v) is 9.92. The van der Waals surface area contributed by atoms with Crippen molar-refractivity contribution < 1.29 is 9.09 Å². The smallest absolute Gasteiger partial charge is 0.338 e. The van der Waals surface area contributed by atoms with Crippen LogP contribution in [0.1, 0.15) is 25.3 Å². The number of rotatable bonds is 5. The highest BCUT2D eigenvalue weighted by Gasteiger charge is 2.18. The van der Waals surface area contributed by atoms with Crippen molar-refractivity contribution in [3.05, 3.63) is 57.7 Å². The number of nitrogens with one attached hydrogen (secondary N) is 1. The second-order valence-corrected chi connectivity index (χ2v) is 8.51. The molecule has 3 nitrogen and oxygen atoms in total. The lowest BCUT2D eigenvalue weighted by molar-refractivity contribution is 0.493. The molecule has 112 valence electrons. The van der Waals surface area contributed by atoms with Gasteiger partial charge in [0.25, 0.3) is 0 Å². The molecule has 1 atom stereocenters. The van der Waals surface area contributed by atoms with Gasteiger partial charge in [0, 0.05) is 10.2 Å². The second-order valence-electron chi connectivity index (χ2n) is 5.25. The highest BCUT2D eigenvalue weighted by Crippen LogP contribution is 2.44. The first kappa shape index (κ1) is 16.4. The Hall–Kier alpha value is -1.000. The lowest BCUT2D eigenvalue weighted by atomic mass is 10.0. The lowest BCUT2D eigenvalue weighted by Crippen LogP contribution is -2.03. The van der Waals surface area contributed by atoms with E-state index in [2.05, 4.69) is 41.5 Å². The second kappa shape index (κ2) is 6.84. The molecule has 0 aromatic heterocycles. The van der Waals surface area contributed by atoms with E-state index in [9.17, 15) is 4.57 Å².